The van der Waals surface area contributed by atoms with E-state index in [2.05, 4.69) is 93.1 Å². The van der Waals surface area contributed by atoms with Crippen molar-refractivity contribution in [2.75, 3.05) is 39.3 Å². The number of phenolic OH excluding ortho intramolecular Hbond substituents is 1. The Bertz CT molecular complexity index is 2090. The number of piperidine rings is 2. The molecule has 1 aromatic carbocycles. The fourth-order valence-corrected chi connectivity index (χ4v) is 10.3. The van der Waals surface area contributed by atoms with Gasteiger partial charge in [-0.15, -0.1) is 0 Å². The number of likely N-dealkylation sites (tertiary alicyclic amines) is 2. The van der Waals surface area contributed by atoms with Gasteiger partial charge in [0.05, 0.1) is 20.5 Å². The van der Waals surface area contributed by atoms with Crippen molar-refractivity contribution in [1.29, 1.82) is 0 Å². The number of nitrogens with one attached hydrogen (secondary N) is 4. The van der Waals surface area contributed by atoms with Gasteiger partial charge in [0.25, 0.3) is 0 Å². The van der Waals surface area contributed by atoms with Gasteiger partial charge in [0.15, 0.2) is 11.4 Å². The maximum atomic E-state index is 14.7. The minimum atomic E-state index is -1.01. The van der Waals surface area contributed by atoms with Crippen LogP contribution in [0.4, 0.5) is 4.79 Å². The molecule has 1 unspecified atom stereocenters. The van der Waals surface area contributed by atoms with Gasteiger partial charge in [-0.05, 0) is 157 Å². The Morgan fingerprint density at radius 2 is 1.68 bits per heavy atom. The van der Waals surface area contributed by atoms with E-state index in [9.17, 15) is 24.3 Å². The largest absolute Gasteiger partial charge is 0.506 e. The second kappa shape index (κ2) is 20.4. The molecule has 3 fully saturated rings. The first kappa shape index (κ1) is 42.9. The first-order valence-electron chi connectivity index (χ1n) is 21.2. The monoisotopic (exact) mass is 934 g/mol. The predicted octanol–water partition coefficient (Wildman–Crippen LogP) is 6.64. The minimum absolute atomic E-state index is 0.0375. The molecule has 3 aromatic rings. The van der Waals surface area contributed by atoms with Crippen molar-refractivity contribution >= 4 is 60.7 Å². The number of carbonyl (C=O) groups is 3. The highest BCUT2D eigenvalue weighted by atomic mass is 79.9. The van der Waals surface area contributed by atoms with Crippen LogP contribution in [0.3, 0.4) is 0 Å². The number of aromatic hydroxyl groups is 1. The number of urea groups is 1. The van der Waals surface area contributed by atoms with Crippen molar-refractivity contribution in [3.8, 4) is 5.75 Å². The molecule has 3 aliphatic heterocycles. The van der Waals surface area contributed by atoms with Crippen molar-refractivity contribution in [2.45, 2.75) is 95.2 Å². The third-order valence-corrected chi connectivity index (χ3v) is 13.6. The highest BCUT2D eigenvalue weighted by Gasteiger charge is 2.35. The van der Waals surface area contributed by atoms with Crippen LogP contribution >= 0.6 is 31.9 Å². The molecule has 13 nitrogen and oxygen atoms in total. The molecule has 4 aliphatic rings. The van der Waals surface area contributed by atoms with Crippen LogP contribution in [0.15, 0.2) is 80.3 Å². The number of fused-ring (bicyclic) bond motifs is 1. The normalized spacial score (nSPS) is 22.8. The molecule has 0 spiro atoms. The smallest absolute Gasteiger partial charge is 0.327 e. The molecular weight excluding hydrogens is 880 g/mol. The molecule has 3 atom stereocenters. The van der Waals surface area contributed by atoms with Crippen LogP contribution < -0.4 is 21.6 Å². The number of aromatic amines is 1. The van der Waals surface area contributed by atoms with E-state index in [0.717, 1.165) is 76.6 Å². The van der Waals surface area contributed by atoms with Crippen LogP contribution in [-0.4, -0.2) is 98.5 Å². The third kappa shape index (κ3) is 10.9. The van der Waals surface area contributed by atoms with E-state index in [0.29, 0.717) is 58.9 Å². The second-order valence-electron chi connectivity index (χ2n) is 16.4. The topological polar surface area (TPSA) is 165 Å². The lowest BCUT2D eigenvalue weighted by atomic mass is 9.83. The molecule has 0 saturated carbocycles. The number of ketones is 1. The summed E-state index contributed by atoms with van der Waals surface area (Å²) in [4.78, 5) is 67.4. The van der Waals surface area contributed by atoms with Crippen molar-refractivity contribution in [1.82, 2.24) is 40.3 Å². The Morgan fingerprint density at radius 3 is 2.46 bits per heavy atom. The van der Waals surface area contributed by atoms with Gasteiger partial charge in [-0.3, -0.25) is 19.1 Å². The van der Waals surface area contributed by atoms with Gasteiger partial charge in [0.1, 0.15) is 11.8 Å². The van der Waals surface area contributed by atoms with Gasteiger partial charge in [0.2, 0.25) is 5.91 Å². The zero-order chi connectivity index (χ0) is 41.3. The molecule has 3 saturated heterocycles. The number of nitrogens with zero attached hydrogens (tertiary/aromatic N) is 4. The van der Waals surface area contributed by atoms with E-state index < -0.39 is 18.0 Å². The Morgan fingerprint density at radius 1 is 0.915 bits per heavy atom. The number of rotatable bonds is 11. The lowest BCUT2D eigenvalue weighted by Crippen LogP contribution is -2.56. The summed E-state index contributed by atoms with van der Waals surface area (Å²) in [7, 11) is 0. The SMILES string of the molecule is O=C(C1CCCCN(C2=C/C=C\CC/C=C\2)CC1)[C@H](CC1CCNCC1)NC(=O)[C@@H](Cc1cc(Br)c(O)c(Br)c1)NC(=O)N1CCC(n2c(=O)[nH]c3ncccc32)CC1. The fourth-order valence-electron chi connectivity index (χ4n) is 9.05. The summed E-state index contributed by atoms with van der Waals surface area (Å²) < 4.78 is 2.64. The Balaban J connectivity index is 1.08. The summed E-state index contributed by atoms with van der Waals surface area (Å²) in [6.07, 6.45) is 21.7. The van der Waals surface area contributed by atoms with E-state index in [1.54, 1.807) is 33.9 Å². The molecule has 0 radical (unpaired) electrons. The van der Waals surface area contributed by atoms with Crippen LogP contribution in [0.5, 0.6) is 5.75 Å². The number of H-pyrrole nitrogens is 1. The molecule has 59 heavy (non-hydrogen) atoms. The summed E-state index contributed by atoms with van der Waals surface area (Å²) in [5, 5.41) is 20.1. The van der Waals surface area contributed by atoms with Crippen molar-refractivity contribution < 1.29 is 19.5 Å². The van der Waals surface area contributed by atoms with Gasteiger partial charge in [-0.2, -0.15) is 0 Å². The summed E-state index contributed by atoms with van der Waals surface area (Å²) in [5.41, 5.74) is 2.92. The number of phenols is 1. The lowest BCUT2D eigenvalue weighted by molar-refractivity contribution is -0.131. The number of halogens is 2. The predicted molar refractivity (Wildman–Crippen MR) is 236 cm³/mol. The Labute approximate surface area is 362 Å². The van der Waals surface area contributed by atoms with E-state index in [1.165, 1.54) is 5.70 Å². The first-order valence-corrected chi connectivity index (χ1v) is 22.8. The van der Waals surface area contributed by atoms with Crippen molar-refractivity contribution in [2.24, 2.45) is 11.8 Å². The van der Waals surface area contributed by atoms with Gasteiger partial charge >= 0.3 is 11.7 Å². The number of aromatic nitrogens is 3. The molecule has 316 valence electrons. The van der Waals surface area contributed by atoms with Gasteiger partial charge in [-0.1, -0.05) is 24.6 Å². The molecule has 7 rings (SSSR count). The zero-order valence-electron chi connectivity index (χ0n) is 33.5. The number of hydrogen-bond acceptors (Lipinski definition) is 8. The molecule has 0 bridgehead atoms. The number of Topliss-reactive ketones (excluding diaryl/α,β-unsaturated/α-hetero) is 1. The summed E-state index contributed by atoms with van der Waals surface area (Å²) >= 11 is 6.83. The number of imidazole rings is 1. The molecular formula is C44H56Br2N8O5. The van der Waals surface area contributed by atoms with Crippen LogP contribution in [0.2, 0.25) is 0 Å². The molecule has 1 aliphatic carbocycles. The summed E-state index contributed by atoms with van der Waals surface area (Å²) in [6.45, 7) is 4.24. The number of benzene rings is 1. The number of amides is 3. The number of hydrogen-bond donors (Lipinski definition) is 5. The molecule has 5 heterocycles. The fraction of sp³-hybridized carbons (Fsp3) is 0.523. The maximum absolute atomic E-state index is 14.7. The molecule has 2 aromatic heterocycles. The number of carbonyl (C=O) groups excluding carboxylic acids is 3. The average Bonchev–Trinajstić information content (AvgIpc) is 3.55. The van der Waals surface area contributed by atoms with Crippen LogP contribution in [0.25, 0.3) is 11.2 Å². The zero-order valence-corrected chi connectivity index (χ0v) is 36.7. The van der Waals surface area contributed by atoms with Gasteiger partial charge in [0, 0.05) is 56.5 Å². The second-order valence-corrected chi connectivity index (χ2v) is 18.1. The highest BCUT2D eigenvalue weighted by Crippen LogP contribution is 2.34. The summed E-state index contributed by atoms with van der Waals surface area (Å²) in [6, 6.07) is 4.94. The maximum Gasteiger partial charge on any atom is 0.327 e. The minimum Gasteiger partial charge on any atom is -0.506 e. The summed E-state index contributed by atoms with van der Waals surface area (Å²) in [5.74, 6) is -0.215. The average molecular weight is 937 g/mol. The Kier molecular flexibility index (Phi) is 14.8. The third-order valence-electron chi connectivity index (χ3n) is 12.4. The van der Waals surface area contributed by atoms with E-state index in [1.807, 2.05) is 6.07 Å². The van der Waals surface area contributed by atoms with Crippen LogP contribution in [-0.2, 0) is 16.0 Å². The van der Waals surface area contributed by atoms with E-state index in [4.69, 9.17) is 0 Å². The highest BCUT2D eigenvalue weighted by molar-refractivity contribution is 9.11. The van der Waals surface area contributed by atoms with Crippen LogP contribution in [0.1, 0.15) is 82.2 Å². The van der Waals surface area contributed by atoms with Gasteiger partial charge < -0.3 is 30.9 Å². The molecule has 15 heteroatoms. The van der Waals surface area contributed by atoms with Crippen molar-refractivity contribution in [3.63, 3.8) is 0 Å². The standard InChI is InChI=1S/C44H56Br2N8O5/c45-34-25-30(26-35(46)40(34)56)28-37(50-43(58)53-23-16-33(17-24-53)54-38-12-8-18-48-41(38)51-44(54)59)42(57)49-36(27-29-13-19-47-20-14-29)39(55)31-9-6-7-21-52(22-15-31)32-10-4-2-1-3-5-11-32/h2,4-5,8,10-12,18,25-26,29,31,33,36-37,47,56H,1,3,6-7,9,13-17,19-24,27-28H2,(H,49,57)(H,50,58)(H,48,51,59)/b4-2-,11-5-,32-10+/t31?,36-,37+/m0/s1. The van der Waals surface area contributed by atoms with Gasteiger partial charge in [-0.25, -0.2) is 14.6 Å². The first-order chi connectivity index (χ1) is 28.6. The van der Waals surface area contributed by atoms with E-state index >= 15 is 0 Å². The number of allylic oxidation sites excluding steroid dienone is 5. The molecule has 5 N–H and O–H groups in total. The van der Waals surface area contributed by atoms with Crippen LogP contribution in [0, 0.1) is 11.8 Å². The molecule has 3 amide bonds. The quantitative estimate of drug-likeness (QED) is 0.143. The Hall–Kier alpha value is -4.21. The van der Waals surface area contributed by atoms with Crippen molar-refractivity contribution in [3.05, 3.63) is 91.5 Å². The van der Waals surface area contributed by atoms with E-state index in [-0.39, 0.29) is 47.6 Å². The number of pyridine rings is 1. The lowest BCUT2D eigenvalue weighted by Gasteiger charge is -2.35.